The molecule has 0 aromatic rings. The van der Waals surface area contributed by atoms with Gasteiger partial charge in [0.15, 0.2) is 0 Å². The first-order valence-electron chi connectivity index (χ1n) is 5.68. The van der Waals surface area contributed by atoms with Crippen LogP contribution in [0, 0.1) is 0 Å². The largest absolute Gasteiger partial charge is 0.316 e. The third-order valence-corrected chi connectivity index (χ3v) is 2.30. The summed E-state index contributed by atoms with van der Waals surface area (Å²) in [4.78, 5) is 0. The van der Waals surface area contributed by atoms with Crippen LogP contribution in [0.4, 0.5) is 0 Å². The van der Waals surface area contributed by atoms with Crippen LogP contribution in [0.3, 0.4) is 0 Å². The van der Waals surface area contributed by atoms with Gasteiger partial charge in [-0.15, -0.1) is 0 Å². The van der Waals surface area contributed by atoms with Gasteiger partial charge in [-0.3, -0.25) is 0 Å². The van der Waals surface area contributed by atoms with Crippen LogP contribution in [0.25, 0.3) is 0 Å². The summed E-state index contributed by atoms with van der Waals surface area (Å²) in [6.07, 6.45) is 4.58. The Morgan fingerprint density at radius 2 is 1.21 bits per heavy atom. The Kier molecular flexibility index (Phi) is 9.29. The van der Waals surface area contributed by atoms with E-state index < -0.39 is 0 Å². The topological polar surface area (TPSA) is 76.1 Å². The van der Waals surface area contributed by atoms with E-state index in [4.69, 9.17) is 11.5 Å². The molecule has 0 saturated carbocycles. The van der Waals surface area contributed by atoms with Crippen molar-refractivity contribution in [3.8, 4) is 0 Å². The van der Waals surface area contributed by atoms with E-state index in [9.17, 15) is 0 Å². The molecule has 0 spiro atoms. The molecule has 2 unspecified atom stereocenters. The summed E-state index contributed by atoms with van der Waals surface area (Å²) in [5.41, 5.74) is 11.4. The standard InChI is InChI=1S/C10H26N4/c1-3-9(11)13-7-5-6-8-14-10(12)4-2/h9-10,13-14H,3-8,11-12H2,1-2H3. The van der Waals surface area contributed by atoms with Crippen LogP contribution in [0.2, 0.25) is 0 Å². The lowest BCUT2D eigenvalue weighted by molar-refractivity contribution is 0.469. The van der Waals surface area contributed by atoms with E-state index in [0.29, 0.717) is 0 Å². The fourth-order valence-corrected chi connectivity index (χ4v) is 1.11. The lowest BCUT2D eigenvalue weighted by Gasteiger charge is -2.12. The molecule has 0 aromatic carbocycles. The molecule has 2 atom stereocenters. The lowest BCUT2D eigenvalue weighted by atomic mass is 10.3. The fraction of sp³-hybridized carbons (Fsp3) is 1.00. The Bertz CT molecular complexity index is 105. The maximum atomic E-state index is 5.71. The fourth-order valence-electron chi connectivity index (χ4n) is 1.11. The van der Waals surface area contributed by atoms with Gasteiger partial charge < -0.3 is 22.1 Å². The van der Waals surface area contributed by atoms with E-state index in [1.54, 1.807) is 0 Å². The van der Waals surface area contributed by atoms with Crippen molar-refractivity contribution >= 4 is 0 Å². The van der Waals surface area contributed by atoms with Crippen LogP contribution in [-0.2, 0) is 0 Å². The summed E-state index contributed by atoms with van der Waals surface area (Å²) in [7, 11) is 0. The molecule has 0 heterocycles. The van der Waals surface area contributed by atoms with Crippen molar-refractivity contribution in [2.24, 2.45) is 11.5 Å². The Balaban J connectivity index is 3.06. The Morgan fingerprint density at radius 1 is 0.857 bits per heavy atom. The molecule has 0 aliphatic rings. The molecule has 0 saturated heterocycles. The van der Waals surface area contributed by atoms with Gasteiger partial charge in [0.05, 0.1) is 12.3 Å². The second kappa shape index (κ2) is 9.40. The van der Waals surface area contributed by atoms with Gasteiger partial charge in [0.1, 0.15) is 0 Å². The first kappa shape index (κ1) is 13.8. The van der Waals surface area contributed by atoms with Crippen molar-refractivity contribution in [1.29, 1.82) is 0 Å². The van der Waals surface area contributed by atoms with E-state index in [2.05, 4.69) is 24.5 Å². The van der Waals surface area contributed by atoms with Crippen LogP contribution in [0.5, 0.6) is 0 Å². The third-order valence-electron chi connectivity index (χ3n) is 2.30. The first-order valence-corrected chi connectivity index (χ1v) is 5.68. The molecule has 0 bridgehead atoms. The molecular weight excluding hydrogens is 176 g/mol. The van der Waals surface area contributed by atoms with Gasteiger partial charge in [0.2, 0.25) is 0 Å². The minimum Gasteiger partial charge on any atom is -0.316 e. The van der Waals surface area contributed by atoms with Crippen LogP contribution >= 0.6 is 0 Å². The smallest absolute Gasteiger partial charge is 0.0543 e. The van der Waals surface area contributed by atoms with Crippen LogP contribution < -0.4 is 22.1 Å². The van der Waals surface area contributed by atoms with Crippen molar-refractivity contribution < 1.29 is 0 Å². The van der Waals surface area contributed by atoms with Crippen molar-refractivity contribution in [3.05, 3.63) is 0 Å². The maximum absolute atomic E-state index is 5.71. The van der Waals surface area contributed by atoms with Gasteiger partial charge in [-0.25, -0.2) is 0 Å². The zero-order valence-electron chi connectivity index (χ0n) is 9.55. The normalized spacial score (nSPS) is 15.4. The number of hydrogen-bond acceptors (Lipinski definition) is 4. The summed E-state index contributed by atoms with van der Waals surface area (Å²) in [5.74, 6) is 0. The zero-order chi connectivity index (χ0) is 10.8. The van der Waals surface area contributed by atoms with Gasteiger partial charge >= 0.3 is 0 Å². The van der Waals surface area contributed by atoms with Crippen molar-refractivity contribution in [2.45, 2.75) is 51.9 Å². The lowest BCUT2D eigenvalue weighted by Crippen LogP contribution is -2.38. The highest BCUT2D eigenvalue weighted by Crippen LogP contribution is 1.88. The SMILES string of the molecule is CCC(N)NCCCCNC(N)CC. The van der Waals surface area contributed by atoms with Crippen molar-refractivity contribution in [1.82, 2.24) is 10.6 Å². The minimum atomic E-state index is 0.154. The molecule has 14 heavy (non-hydrogen) atoms. The van der Waals surface area contributed by atoms with Crippen LogP contribution in [0.1, 0.15) is 39.5 Å². The van der Waals surface area contributed by atoms with E-state index in [1.165, 1.54) is 0 Å². The number of nitrogens with one attached hydrogen (secondary N) is 2. The molecule has 4 nitrogen and oxygen atoms in total. The summed E-state index contributed by atoms with van der Waals surface area (Å²) in [6.45, 7) is 6.16. The first-order chi connectivity index (χ1) is 6.70. The second-order valence-electron chi connectivity index (χ2n) is 3.64. The molecule has 0 aliphatic heterocycles. The number of hydrogen-bond donors (Lipinski definition) is 4. The minimum absolute atomic E-state index is 0.154. The quantitative estimate of drug-likeness (QED) is 0.321. The summed E-state index contributed by atoms with van der Waals surface area (Å²) in [6, 6.07) is 0. The Hall–Kier alpha value is -0.160. The summed E-state index contributed by atoms with van der Waals surface area (Å²) in [5, 5.41) is 6.51. The van der Waals surface area contributed by atoms with Crippen molar-refractivity contribution in [3.63, 3.8) is 0 Å². The van der Waals surface area contributed by atoms with E-state index in [0.717, 1.165) is 38.8 Å². The van der Waals surface area contributed by atoms with Gasteiger partial charge in [-0.05, 0) is 38.8 Å². The van der Waals surface area contributed by atoms with Crippen LogP contribution in [-0.4, -0.2) is 25.4 Å². The highest BCUT2D eigenvalue weighted by Gasteiger charge is 1.98. The molecule has 4 heteroatoms. The molecule has 6 N–H and O–H groups in total. The van der Waals surface area contributed by atoms with Gasteiger partial charge in [0, 0.05) is 0 Å². The summed E-state index contributed by atoms with van der Waals surface area (Å²) >= 11 is 0. The van der Waals surface area contributed by atoms with Crippen molar-refractivity contribution in [2.75, 3.05) is 13.1 Å². The number of rotatable bonds is 9. The van der Waals surface area contributed by atoms with E-state index in [-0.39, 0.29) is 12.3 Å². The number of unbranched alkanes of at least 4 members (excludes halogenated alkanes) is 1. The van der Waals surface area contributed by atoms with Crippen LogP contribution in [0.15, 0.2) is 0 Å². The average Bonchev–Trinajstić information content (AvgIpc) is 2.22. The Labute approximate surface area is 87.8 Å². The maximum Gasteiger partial charge on any atom is 0.0543 e. The molecule has 0 aliphatic carbocycles. The third kappa shape index (κ3) is 8.44. The summed E-state index contributed by atoms with van der Waals surface area (Å²) < 4.78 is 0. The monoisotopic (exact) mass is 202 g/mol. The Morgan fingerprint density at radius 3 is 1.50 bits per heavy atom. The van der Waals surface area contributed by atoms with Gasteiger partial charge in [-0.2, -0.15) is 0 Å². The molecule has 0 rings (SSSR count). The van der Waals surface area contributed by atoms with E-state index >= 15 is 0 Å². The molecule has 0 amide bonds. The van der Waals surface area contributed by atoms with E-state index in [1.807, 2.05) is 0 Å². The predicted molar refractivity (Wildman–Crippen MR) is 61.8 cm³/mol. The molecule has 86 valence electrons. The zero-order valence-corrected chi connectivity index (χ0v) is 9.55. The number of nitrogens with two attached hydrogens (primary N) is 2. The predicted octanol–water partition coefficient (Wildman–Crippen LogP) is 0.335. The molecule has 0 radical (unpaired) electrons. The van der Waals surface area contributed by atoms with Gasteiger partial charge in [-0.1, -0.05) is 13.8 Å². The second-order valence-corrected chi connectivity index (χ2v) is 3.64. The average molecular weight is 202 g/mol. The highest BCUT2D eigenvalue weighted by atomic mass is 15.0. The molecule has 0 aromatic heterocycles. The highest BCUT2D eigenvalue weighted by molar-refractivity contribution is 4.58. The molecule has 0 fully saturated rings. The van der Waals surface area contributed by atoms with Gasteiger partial charge in [0.25, 0.3) is 0 Å². The molecular formula is C10H26N4.